The standard InChI is InChI=1S/C13H16N2/c14-13-5-2-8-15(13)12-7-6-10-3-1-4-11(10)9-12/h6-7,9,14H,1-5,8H2. The van der Waals surface area contributed by atoms with Crippen LogP contribution in [-0.2, 0) is 12.8 Å². The van der Waals surface area contributed by atoms with Gasteiger partial charge in [0.25, 0.3) is 0 Å². The van der Waals surface area contributed by atoms with Gasteiger partial charge in [0.2, 0.25) is 0 Å². The maximum Gasteiger partial charge on any atom is 0.100 e. The summed E-state index contributed by atoms with van der Waals surface area (Å²) in [4.78, 5) is 2.15. The molecule has 1 aliphatic carbocycles. The molecule has 0 spiro atoms. The zero-order valence-corrected chi connectivity index (χ0v) is 8.92. The van der Waals surface area contributed by atoms with Crippen LogP contribution >= 0.6 is 0 Å². The molecule has 0 amide bonds. The molecule has 1 fully saturated rings. The molecule has 1 aliphatic heterocycles. The number of nitrogens with zero attached hydrogens (tertiary/aromatic N) is 1. The second kappa shape index (κ2) is 3.37. The first-order chi connectivity index (χ1) is 7.34. The summed E-state index contributed by atoms with van der Waals surface area (Å²) in [7, 11) is 0. The molecule has 0 bridgehead atoms. The first-order valence-corrected chi connectivity index (χ1v) is 5.81. The maximum absolute atomic E-state index is 7.87. The second-order valence-electron chi connectivity index (χ2n) is 4.51. The Kier molecular flexibility index (Phi) is 2.01. The van der Waals surface area contributed by atoms with Crippen LogP contribution in [0, 0.1) is 5.41 Å². The number of nitrogens with one attached hydrogen (secondary N) is 1. The van der Waals surface area contributed by atoms with E-state index in [0.29, 0.717) is 0 Å². The molecule has 15 heavy (non-hydrogen) atoms. The summed E-state index contributed by atoms with van der Waals surface area (Å²) in [6.07, 6.45) is 5.85. The van der Waals surface area contributed by atoms with Crippen LogP contribution < -0.4 is 4.90 Å². The number of benzene rings is 1. The molecule has 1 N–H and O–H groups in total. The molecule has 1 saturated heterocycles. The SMILES string of the molecule is N=C1CCCN1c1ccc2c(c1)CCC2. The van der Waals surface area contributed by atoms with Crippen molar-refractivity contribution in [3.63, 3.8) is 0 Å². The Labute approximate surface area is 90.4 Å². The molecule has 2 nitrogen and oxygen atoms in total. The van der Waals surface area contributed by atoms with Gasteiger partial charge in [-0.15, -0.1) is 0 Å². The predicted octanol–water partition coefficient (Wildman–Crippen LogP) is 2.75. The number of aryl methyl sites for hydroxylation is 2. The lowest BCUT2D eigenvalue weighted by Crippen LogP contribution is -2.23. The Morgan fingerprint density at radius 2 is 1.87 bits per heavy atom. The fourth-order valence-corrected chi connectivity index (χ4v) is 2.69. The molecule has 1 heterocycles. The van der Waals surface area contributed by atoms with Gasteiger partial charge < -0.3 is 4.90 Å². The van der Waals surface area contributed by atoms with Gasteiger partial charge in [0.05, 0.1) is 0 Å². The Bertz CT molecular complexity index is 409. The van der Waals surface area contributed by atoms with Crippen LogP contribution in [0.4, 0.5) is 5.69 Å². The second-order valence-corrected chi connectivity index (χ2v) is 4.51. The van der Waals surface area contributed by atoms with E-state index in [-0.39, 0.29) is 0 Å². The highest BCUT2D eigenvalue weighted by Gasteiger charge is 2.20. The first-order valence-electron chi connectivity index (χ1n) is 5.81. The lowest BCUT2D eigenvalue weighted by molar-refractivity contribution is 0.911. The number of rotatable bonds is 1. The zero-order chi connectivity index (χ0) is 10.3. The van der Waals surface area contributed by atoms with Gasteiger partial charge in [-0.3, -0.25) is 5.41 Å². The van der Waals surface area contributed by atoms with Crippen LogP contribution in [0.1, 0.15) is 30.4 Å². The van der Waals surface area contributed by atoms with Gasteiger partial charge in [0, 0.05) is 18.7 Å². The van der Waals surface area contributed by atoms with Gasteiger partial charge in [0.15, 0.2) is 0 Å². The topological polar surface area (TPSA) is 27.1 Å². The summed E-state index contributed by atoms with van der Waals surface area (Å²) in [5, 5.41) is 7.87. The Balaban J connectivity index is 1.95. The van der Waals surface area contributed by atoms with Gasteiger partial charge in [-0.2, -0.15) is 0 Å². The largest absolute Gasteiger partial charge is 0.330 e. The van der Waals surface area contributed by atoms with Crippen LogP contribution in [0.15, 0.2) is 18.2 Å². The van der Waals surface area contributed by atoms with Gasteiger partial charge in [-0.05, 0) is 48.9 Å². The third-order valence-corrected chi connectivity index (χ3v) is 3.51. The van der Waals surface area contributed by atoms with E-state index in [9.17, 15) is 0 Å². The third-order valence-electron chi connectivity index (χ3n) is 3.51. The van der Waals surface area contributed by atoms with Crippen molar-refractivity contribution in [2.75, 3.05) is 11.4 Å². The smallest absolute Gasteiger partial charge is 0.100 e. The molecule has 2 aliphatic rings. The molecule has 1 aromatic carbocycles. The number of amidine groups is 1. The van der Waals surface area contributed by atoms with Gasteiger partial charge in [-0.25, -0.2) is 0 Å². The average Bonchev–Trinajstić information content (AvgIpc) is 2.84. The minimum absolute atomic E-state index is 0.785. The zero-order valence-electron chi connectivity index (χ0n) is 8.92. The molecule has 3 rings (SSSR count). The quantitative estimate of drug-likeness (QED) is 0.741. The number of hydrogen-bond donors (Lipinski definition) is 1. The van der Waals surface area contributed by atoms with Crippen molar-refractivity contribution in [2.45, 2.75) is 32.1 Å². The van der Waals surface area contributed by atoms with E-state index in [0.717, 1.165) is 25.2 Å². The van der Waals surface area contributed by atoms with E-state index in [1.165, 1.54) is 36.1 Å². The Morgan fingerprint density at radius 1 is 1.00 bits per heavy atom. The molecular formula is C13H16N2. The fourth-order valence-electron chi connectivity index (χ4n) is 2.69. The summed E-state index contributed by atoms with van der Waals surface area (Å²) in [6.45, 7) is 1.03. The lowest BCUT2D eigenvalue weighted by atomic mass is 10.1. The Hall–Kier alpha value is -1.31. The molecule has 78 valence electrons. The number of anilines is 1. The molecule has 0 aromatic heterocycles. The highest BCUT2D eigenvalue weighted by molar-refractivity contribution is 5.97. The van der Waals surface area contributed by atoms with Gasteiger partial charge >= 0.3 is 0 Å². The summed E-state index contributed by atoms with van der Waals surface area (Å²) in [5.41, 5.74) is 4.26. The van der Waals surface area contributed by atoms with Crippen molar-refractivity contribution >= 4 is 11.5 Å². The molecular weight excluding hydrogens is 184 g/mol. The monoisotopic (exact) mass is 200 g/mol. The van der Waals surface area contributed by atoms with E-state index in [4.69, 9.17) is 5.41 Å². The highest BCUT2D eigenvalue weighted by atomic mass is 15.2. The van der Waals surface area contributed by atoms with E-state index in [1.807, 2.05) is 0 Å². The van der Waals surface area contributed by atoms with Crippen LogP contribution in [0.3, 0.4) is 0 Å². The summed E-state index contributed by atoms with van der Waals surface area (Å²) < 4.78 is 0. The summed E-state index contributed by atoms with van der Waals surface area (Å²) >= 11 is 0. The van der Waals surface area contributed by atoms with Crippen molar-refractivity contribution in [1.29, 1.82) is 5.41 Å². The van der Waals surface area contributed by atoms with E-state index >= 15 is 0 Å². The molecule has 0 saturated carbocycles. The van der Waals surface area contributed by atoms with E-state index in [1.54, 1.807) is 0 Å². The number of hydrogen-bond acceptors (Lipinski definition) is 1. The lowest BCUT2D eigenvalue weighted by Gasteiger charge is -2.18. The number of fused-ring (bicyclic) bond motifs is 1. The molecule has 2 heteroatoms. The fraction of sp³-hybridized carbons (Fsp3) is 0.462. The molecule has 0 atom stereocenters. The Morgan fingerprint density at radius 3 is 2.67 bits per heavy atom. The molecule has 0 radical (unpaired) electrons. The first kappa shape index (κ1) is 8.96. The van der Waals surface area contributed by atoms with Crippen molar-refractivity contribution in [1.82, 2.24) is 0 Å². The maximum atomic E-state index is 7.87. The van der Waals surface area contributed by atoms with Crippen LogP contribution in [0.2, 0.25) is 0 Å². The van der Waals surface area contributed by atoms with Crippen LogP contribution in [0.25, 0.3) is 0 Å². The minimum Gasteiger partial charge on any atom is -0.330 e. The third kappa shape index (κ3) is 1.44. The van der Waals surface area contributed by atoms with Crippen molar-refractivity contribution in [2.24, 2.45) is 0 Å². The normalized spacial score (nSPS) is 19.7. The van der Waals surface area contributed by atoms with E-state index < -0.39 is 0 Å². The predicted molar refractivity (Wildman–Crippen MR) is 62.8 cm³/mol. The van der Waals surface area contributed by atoms with Crippen LogP contribution in [-0.4, -0.2) is 12.4 Å². The van der Waals surface area contributed by atoms with Crippen molar-refractivity contribution in [3.8, 4) is 0 Å². The average molecular weight is 200 g/mol. The summed E-state index contributed by atoms with van der Waals surface area (Å²) in [6, 6.07) is 6.73. The minimum atomic E-state index is 0.785. The highest BCUT2D eigenvalue weighted by Crippen LogP contribution is 2.28. The van der Waals surface area contributed by atoms with Crippen LogP contribution in [0.5, 0.6) is 0 Å². The molecule has 0 unspecified atom stereocenters. The van der Waals surface area contributed by atoms with Gasteiger partial charge in [0.1, 0.15) is 5.84 Å². The molecule has 1 aromatic rings. The van der Waals surface area contributed by atoms with Crippen molar-refractivity contribution < 1.29 is 0 Å². The summed E-state index contributed by atoms with van der Waals surface area (Å²) in [5.74, 6) is 0.785. The van der Waals surface area contributed by atoms with Gasteiger partial charge in [-0.1, -0.05) is 6.07 Å². The van der Waals surface area contributed by atoms with E-state index in [2.05, 4.69) is 23.1 Å². The van der Waals surface area contributed by atoms with Crippen molar-refractivity contribution in [3.05, 3.63) is 29.3 Å².